The summed E-state index contributed by atoms with van der Waals surface area (Å²) in [6.07, 6.45) is -9.35. The van der Waals surface area contributed by atoms with Crippen LogP contribution in [0.25, 0.3) is 0 Å². The van der Waals surface area contributed by atoms with Gasteiger partial charge < -0.3 is 54.0 Å². The van der Waals surface area contributed by atoms with Crippen molar-refractivity contribution in [1.82, 2.24) is 0 Å². The summed E-state index contributed by atoms with van der Waals surface area (Å²) in [7, 11) is 0. The number of hydrogen-bond acceptors (Lipinski definition) is 11. The zero-order valence-electron chi connectivity index (χ0n) is 19.4. The number of phenolic OH excluding ortho intramolecular Hbond substituents is 1. The fourth-order valence-corrected chi connectivity index (χ4v) is 5.41. The Labute approximate surface area is 210 Å². The molecule has 2 aromatic carbocycles. The second kappa shape index (κ2) is 9.31. The molecule has 0 radical (unpaired) electrons. The van der Waals surface area contributed by atoms with Gasteiger partial charge in [-0.1, -0.05) is 12.1 Å². The van der Waals surface area contributed by atoms with Crippen molar-refractivity contribution in [1.29, 1.82) is 0 Å². The van der Waals surface area contributed by atoms with Gasteiger partial charge in [-0.15, -0.1) is 0 Å². The van der Waals surface area contributed by atoms with Gasteiger partial charge in [-0.25, -0.2) is 4.79 Å². The van der Waals surface area contributed by atoms with Crippen molar-refractivity contribution in [2.45, 2.75) is 42.9 Å². The van der Waals surface area contributed by atoms with Crippen molar-refractivity contribution >= 4 is 5.97 Å². The highest BCUT2D eigenvalue weighted by atomic mass is 16.7. The molecule has 5 N–H and O–H groups in total. The van der Waals surface area contributed by atoms with Crippen molar-refractivity contribution < 1.29 is 58.7 Å². The quantitative estimate of drug-likeness (QED) is 0.371. The first-order chi connectivity index (χ1) is 17.8. The van der Waals surface area contributed by atoms with E-state index in [1.165, 1.54) is 12.1 Å². The Morgan fingerprint density at radius 3 is 2.16 bits per heavy atom. The van der Waals surface area contributed by atoms with Crippen molar-refractivity contribution in [3.05, 3.63) is 47.5 Å². The number of carbonyl (C=O) groups is 1. The minimum atomic E-state index is -1.84. The molecule has 198 valence electrons. The van der Waals surface area contributed by atoms with Gasteiger partial charge in [0.2, 0.25) is 13.1 Å². The van der Waals surface area contributed by atoms with Gasteiger partial charge in [-0.05, 0) is 35.4 Å². The van der Waals surface area contributed by atoms with Crippen LogP contribution in [0.4, 0.5) is 0 Å². The van der Waals surface area contributed by atoms with E-state index in [2.05, 4.69) is 0 Å². The van der Waals surface area contributed by atoms with Gasteiger partial charge >= 0.3 is 5.97 Å². The average molecular weight is 518 g/mol. The second-order valence-corrected chi connectivity index (χ2v) is 9.53. The molecule has 3 fully saturated rings. The number of ether oxygens (including phenoxy) is 6. The molecule has 4 aliphatic rings. The van der Waals surface area contributed by atoms with Crippen molar-refractivity contribution in [2.75, 3.05) is 20.0 Å². The number of aromatic hydroxyl groups is 1. The number of rotatable bonds is 5. The van der Waals surface area contributed by atoms with E-state index in [-0.39, 0.29) is 42.3 Å². The first kappa shape index (κ1) is 24.2. The first-order valence-electron chi connectivity index (χ1n) is 11.9. The Balaban J connectivity index is 1.16. The summed E-state index contributed by atoms with van der Waals surface area (Å²) in [5, 5.41) is 49.8. The molecule has 0 saturated carbocycles. The Kier molecular flexibility index (Phi) is 6.10. The fourth-order valence-electron chi connectivity index (χ4n) is 5.41. The number of aliphatic hydroxyl groups excluding tert-OH is 3. The maximum absolute atomic E-state index is 11.3. The van der Waals surface area contributed by atoms with Crippen LogP contribution in [0.3, 0.4) is 0 Å². The summed E-state index contributed by atoms with van der Waals surface area (Å²) in [5.74, 6) is -0.406. The van der Waals surface area contributed by atoms with Gasteiger partial charge in [0.15, 0.2) is 29.1 Å². The minimum absolute atomic E-state index is 0.0399. The van der Waals surface area contributed by atoms with E-state index in [9.17, 15) is 30.3 Å². The smallest absolute Gasteiger partial charge is 0.335 e. The van der Waals surface area contributed by atoms with Gasteiger partial charge in [0.05, 0.1) is 25.4 Å². The molecule has 4 aliphatic heterocycles. The molecular weight excluding hydrogens is 492 g/mol. The minimum Gasteiger partial charge on any atom is -0.504 e. The van der Waals surface area contributed by atoms with E-state index in [0.717, 1.165) is 5.56 Å². The average Bonchev–Trinajstić information content (AvgIpc) is 3.61. The number of fused-ring (bicyclic) bond motifs is 2. The van der Waals surface area contributed by atoms with Crippen LogP contribution in [0, 0.1) is 11.8 Å². The van der Waals surface area contributed by atoms with Crippen LogP contribution < -0.4 is 14.2 Å². The van der Waals surface area contributed by atoms with E-state index >= 15 is 0 Å². The van der Waals surface area contributed by atoms with Crippen LogP contribution in [0.15, 0.2) is 36.4 Å². The summed E-state index contributed by atoms with van der Waals surface area (Å²) in [6, 6.07) is 10.3. The summed E-state index contributed by atoms with van der Waals surface area (Å²) in [4.78, 5) is 11.3. The molecule has 12 heteroatoms. The summed E-state index contributed by atoms with van der Waals surface area (Å²) in [5.41, 5.74) is 1.67. The van der Waals surface area contributed by atoms with E-state index in [1.807, 2.05) is 18.2 Å². The van der Waals surface area contributed by atoms with Crippen LogP contribution in [-0.4, -0.2) is 82.2 Å². The first-order valence-corrected chi connectivity index (χ1v) is 11.9. The number of phenols is 1. The molecule has 0 amide bonds. The zero-order valence-corrected chi connectivity index (χ0v) is 19.4. The van der Waals surface area contributed by atoms with Gasteiger partial charge in [0.25, 0.3) is 0 Å². The largest absolute Gasteiger partial charge is 0.504 e. The molecule has 3 saturated heterocycles. The third-order valence-corrected chi connectivity index (χ3v) is 7.36. The van der Waals surface area contributed by atoms with Gasteiger partial charge in [0, 0.05) is 11.8 Å². The van der Waals surface area contributed by atoms with Crippen LogP contribution >= 0.6 is 0 Å². The lowest BCUT2D eigenvalue weighted by molar-refractivity contribution is -0.271. The van der Waals surface area contributed by atoms with Crippen LogP contribution in [-0.2, 0) is 19.0 Å². The van der Waals surface area contributed by atoms with Gasteiger partial charge in [-0.3, -0.25) is 0 Å². The van der Waals surface area contributed by atoms with Crippen molar-refractivity contribution in [3.8, 4) is 23.0 Å². The number of aliphatic hydroxyl groups is 3. The highest BCUT2D eigenvalue weighted by Gasteiger charge is 2.49. The van der Waals surface area contributed by atoms with Crippen LogP contribution in [0.2, 0.25) is 0 Å². The van der Waals surface area contributed by atoms with E-state index in [0.29, 0.717) is 30.3 Å². The Morgan fingerprint density at radius 2 is 1.49 bits per heavy atom. The zero-order chi connectivity index (χ0) is 25.8. The Hall–Kier alpha value is -3.13. The molecule has 37 heavy (non-hydrogen) atoms. The lowest BCUT2D eigenvalue weighted by atomic mass is 9.85. The number of carboxylic acids is 1. The predicted octanol–water partition coefficient (Wildman–Crippen LogP) is 0.467. The highest BCUT2D eigenvalue weighted by molar-refractivity contribution is 5.73. The molecule has 0 spiro atoms. The maximum Gasteiger partial charge on any atom is 0.335 e. The van der Waals surface area contributed by atoms with Gasteiger partial charge in [0.1, 0.15) is 18.3 Å². The molecular formula is C25H26O12. The van der Waals surface area contributed by atoms with Crippen LogP contribution in [0.5, 0.6) is 23.0 Å². The predicted molar refractivity (Wildman–Crippen MR) is 120 cm³/mol. The molecule has 2 aromatic rings. The lowest BCUT2D eigenvalue weighted by Gasteiger charge is -2.38. The topological polar surface area (TPSA) is 174 Å². The third kappa shape index (κ3) is 4.15. The van der Waals surface area contributed by atoms with Crippen LogP contribution in [0.1, 0.15) is 23.3 Å². The molecule has 6 rings (SSSR count). The normalized spacial score (nSPS) is 36.4. The van der Waals surface area contributed by atoms with Crippen molar-refractivity contribution in [3.63, 3.8) is 0 Å². The monoisotopic (exact) mass is 518 g/mol. The van der Waals surface area contributed by atoms with Gasteiger partial charge in [-0.2, -0.15) is 0 Å². The third-order valence-electron chi connectivity index (χ3n) is 7.36. The standard InChI is InChI=1S/C25H26O12/c26-14-5-10(1-3-15(14)36-25-20(29)18(27)19(28)23(37-25)24(30)31)21-12-7-33-22(13(12)8-32-21)11-2-4-16-17(6-11)35-9-34-16/h1-6,12-13,18-23,25-29H,7-9H2,(H,30,31)/t12-,13-,18-,19-,20+,21+,22+,23-,25+/m0/s1. The molecule has 9 atom stereocenters. The van der Waals surface area contributed by atoms with Crippen molar-refractivity contribution in [2.24, 2.45) is 11.8 Å². The number of hydrogen-bond donors (Lipinski definition) is 5. The fraction of sp³-hybridized carbons (Fsp3) is 0.480. The molecule has 4 heterocycles. The number of carboxylic acid groups (broad SMARTS) is 1. The highest BCUT2D eigenvalue weighted by Crippen LogP contribution is 2.51. The van der Waals surface area contributed by atoms with E-state index < -0.39 is 36.7 Å². The number of aliphatic carboxylic acids is 1. The molecule has 0 bridgehead atoms. The molecule has 12 nitrogen and oxygen atoms in total. The Bertz CT molecular complexity index is 1190. The SMILES string of the molecule is O=C(O)[C@H]1O[C@@H](Oc2ccc([C@H]3OC[C@H]4[C@@H]3CO[C@@H]4c3ccc4c(c3)OCO4)cc2O)[C@H](O)[C@@H](O)[C@@H]1O. The van der Waals surface area contributed by atoms with E-state index in [1.54, 1.807) is 6.07 Å². The summed E-state index contributed by atoms with van der Waals surface area (Å²) >= 11 is 0. The summed E-state index contributed by atoms with van der Waals surface area (Å²) < 4.78 is 33.7. The molecule has 0 aliphatic carbocycles. The molecule has 0 aromatic heterocycles. The number of benzene rings is 2. The Morgan fingerprint density at radius 1 is 0.838 bits per heavy atom. The lowest BCUT2D eigenvalue weighted by Crippen LogP contribution is -2.61. The molecule has 0 unspecified atom stereocenters. The summed E-state index contributed by atoms with van der Waals surface area (Å²) in [6.45, 7) is 1.12. The van der Waals surface area contributed by atoms with E-state index in [4.69, 9.17) is 28.4 Å². The maximum atomic E-state index is 11.3. The second-order valence-electron chi connectivity index (χ2n) is 9.53.